The number of carbonyl (C=O) groups excluding carboxylic acids is 1. The van der Waals surface area contributed by atoms with Gasteiger partial charge in [0.2, 0.25) is 0 Å². The number of aromatic nitrogens is 4. The van der Waals surface area contributed by atoms with Crippen LogP contribution in [0, 0.1) is 0 Å². The molecular formula is C20H24N6O2. The van der Waals surface area contributed by atoms with Crippen molar-refractivity contribution in [1.82, 2.24) is 25.1 Å². The van der Waals surface area contributed by atoms with E-state index in [9.17, 15) is 4.79 Å². The van der Waals surface area contributed by atoms with E-state index >= 15 is 0 Å². The number of nitrogens with one attached hydrogen (secondary N) is 2. The number of amides is 2. The molecule has 0 saturated heterocycles. The maximum Gasteiger partial charge on any atom is 0.319 e. The highest BCUT2D eigenvalue weighted by Crippen LogP contribution is 2.28. The standard InChI is InChI=1S/C20H24N6O2/c1-13(2)26-12-22-25-19(26)16-7-5-6-8-17(16)24-20(27)23-14(3)15-9-10-21-11-18(15)28-4/h5-14H,1-4H3,(H2,23,24,27). The predicted molar refractivity (Wildman–Crippen MR) is 107 cm³/mol. The van der Waals surface area contributed by atoms with Gasteiger partial charge in [0.05, 0.1) is 25.0 Å². The van der Waals surface area contributed by atoms with Crippen molar-refractivity contribution >= 4 is 11.7 Å². The maximum absolute atomic E-state index is 12.6. The molecule has 2 N–H and O–H groups in total. The fourth-order valence-electron chi connectivity index (χ4n) is 2.95. The number of carbonyl (C=O) groups is 1. The molecule has 0 fully saturated rings. The number of benzene rings is 1. The molecule has 2 heterocycles. The van der Waals surface area contributed by atoms with Gasteiger partial charge in [-0.2, -0.15) is 0 Å². The van der Waals surface area contributed by atoms with Crippen molar-refractivity contribution in [3.8, 4) is 17.1 Å². The number of pyridine rings is 1. The summed E-state index contributed by atoms with van der Waals surface area (Å²) in [5.41, 5.74) is 2.31. The number of para-hydroxylation sites is 1. The van der Waals surface area contributed by atoms with E-state index in [0.717, 1.165) is 11.1 Å². The van der Waals surface area contributed by atoms with E-state index in [1.807, 2.05) is 41.8 Å². The van der Waals surface area contributed by atoms with E-state index in [2.05, 4.69) is 39.7 Å². The third kappa shape index (κ3) is 4.11. The third-order valence-corrected chi connectivity index (χ3v) is 4.40. The van der Waals surface area contributed by atoms with E-state index in [0.29, 0.717) is 17.3 Å². The number of hydrogen-bond donors (Lipinski definition) is 2. The van der Waals surface area contributed by atoms with Gasteiger partial charge in [0, 0.05) is 23.4 Å². The van der Waals surface area contributed by atoms with Gasteiger partial charge >= 0.3 is 6.03 Å². The summed E-state index contributed by atoms with van der Waals surface area (Å²) in [5, 5.41) is 14.1. The normalized spacial score (nSPS) is 11.9. The first-order valence-corrected chi connectivity index (χ1v) is 9.05. The number of methoxy groups -OCH3 is 1. The molecule has 146 valence electrons. The molecule has 0 bridgehead atoms. The summed E-state index contributed by atoms with van der Waals surface area (Å²) in [7, 11) is 1.58. The average Bonchev–Trinajstić information content (AvgIpc) is 3.18. The minimum Gasteiger partial charge on any atom is -0.495 e. The second-order valence-corrected chi connectivity index (χ2v) is 6.64. The maximum atomic E-state index is 12.6. The van der Waals surface area contributed by atoms with Crippen LogP contribution in [0.2, 0.25) is 0 Å². The smallest absolute Gasteiger partial charge is 0.319 e. The molecule has 0 aliphatic carbocycles. The number of ether oxygens (including phenoxy) is 1. The zero-order valence-electron chi connectivity index (χ0n) is 16.4. The van der Waals surface area contributed by atoms with Crippen molar-refractivity contribution in [2.45, 2.75) is 32.9 Å². The van der Waals surface area contributed by atoms with Gasteiger partial charge in [-0.15, -0.1) is 10.2 Å². The molecule has 0 aliphatic heterocycles. The molecule has 3 aromatic rings. The molecule has 0 aliphatic rings. The van der Waals surface area contributed by atoms with Gasteiger partial charge in [-0.05, 0) is 39.0 Å². The Bertz CT molecular complexity index is 953. The van der Waals surface area contributed by atoms with Crippen LogP contribution in [0.5, 0.6) is 5.75 Å². The van der Waals surface area contributed by atoms with Crippen molar-refractivity contribution in [3.63, 3.8) is 0 Å². The Morgan fingerprint density at radius 3 is 2.71 bits per heavy atom. The summed E-state index contributed by atoms with van der Waals surface area (Å²) < 4.78 is 7.28. The van der Waals surface area contributed by atoms with Crippen LogP contribution >= 0.6 is 0 Å². The first-order chi connectivity index (χ1) is 13.5. The lowest BCUT2D eigenvalue weighted by Crippen LogP contribution is -2.31. The molecular weight excluding hydrogens is 356 g/mol. The van der Waals surface area contributed by atoms with Crippen LogP contribution in [0.3, 0.4) is 0 Å². The SMILES string of the molecule is COc1cnccc1C(C)NC(=O)Nc1ccccc1-c1nncn1C(C)C. The Kier molecular flexibility index (Phi) is 5.88. The van der Waals surface area contributed by atoms with Gasteiger partial charge in [-0.3, -0.25) is 4.98 Å². The Morgan fingerprint density at radius 1 is 1.18 bits per heavy atom. The van der Waals surface area contributed by atoms with E-state index in [1.54, 1.807) is 25.8 Å². The summed E-state index contributed by atoms with van der Waals surface area (Å²) in [6, 6.07) is 8.96. The molecule has 8 heteroatoms. The van der Waals surface area contributed by atoms with Gasteiger partial charge in [0.1, 0.15) is 12.1 Å². The summed E-state index contributed by atoms with van der Waals surface area (Å²) in [5.74, 6) is 1.33. The van der Waals surface area contributed by atoms with Gasteiger partial charge in [0.15, 0.2) is 5.82 Å². The van der Waals surface area contributed by atoms with E-state index in [1.165, 1.54) is 0 Å². The summed E-state index contributed by atoms with van der Waals surface area (Å²) >= 11 is 0. The minimum atomic E-state index is -0.325. The monoisotopic (exact) mass is 380 g/mol. The molecule has 1 unspecified atom stereocenters. The molecule has 28 heavy (non-hydrogen) atoms. The average molecular weight is 380 g/mol. The molecule has 0 spiro atoms. The van der Waals surface area contributed by atoms with Crippen molar-refractivity contribution in [3.05, 3.63) is 54.6 Å². The first kappa shape index (κ1) is 19.3. The summed E-state index contributed by atoms with van der Waals surface area (Å²) in [4.78, 5) is 16.7. The summed E-state index contributed by atoms with van der Waals surface area (Å²) in [6.45, 7) is 6.00. The Morgan fingerprint density at radius 2 is 1.96 bits per heavy atom. The van der Waals surface area contributed by atoms with Crippen LogP contribution in [0.15, 0.2) is 49.1 Å². The Balaban J connectivity index is 1.79. The second-order valence-electron chi connectivity index (χ2n) is 6.64. The first-order valence-electron chi connectivity index (χ1n) is 9.05. The zero-order valence-corrected chi connectivity index (χ0v) is 16.4. The van der Waals surface area contributed by atoms with Crippen molar-refractivity contribution in [2.24, 2.45) is 0 Å². The van der Waals surface area contributed by atoms with Crippen LogP contribution in [0.1, 0.15) is 38.4 Å². The topological polar surface area (TPSA) is 94.0 Å². The predicted octanol–water partition coefficient (Wildman–Crippen LogP) is 3.81. The highest BCUT2D eigenvalue weighted by molar-refractivity contribution is 5.93. The Labute approximate surface area is 164 Å². The second kappa shape index (κ2) is 8.51. The van der Waals surface area contributed by atoms with Crippen LogP contribution < -0.4 is 15.4 Å². The lowest BCUT2D eigenvalue weighted by molar-refractivity contribution is 0.249. The number of hydrogen-bond acceptors (Lipinski definition) is 5. The van der Waals surface area contributed by atoms with Gasteiger partial charge in [0.25, 0.3) is 0 Å². The van der Waals surface area contributed by atoms with Crippen molar-refractivity contribution in [1.29, 1.82) is 0 Å². The van der Waals surface area contributed by atoms with Gasteiger partial charge < -0.3 is 19.9 Å². The highest BCUT2D eigenvalue weighted by Gasteiger charge is 2.17. The quantitative estimate of drug-likeness (QED) is 0.678. The lowest BCUT2D eigenvalue weighted by atomic mass is 10.1. The van der Waals surface area contributed by atoms with Gasteiger partial charge in [-0.1, -0.05) is 12.1 Å². The fourth-order valence-corrected chi connectivity index (χ4v) is 2.95. The summed E-state index contributed by atoms with van der Waals surface area (Å²) in [6.07, 6.45) is 4.98. The number of nitrogens with zero attached hydrogens (tertiary/aromatic N) is 4. The van der Waals surface area contributed by atoms with Crippen molar-refractivity contribution in [2.75, 3.05) is 12.4 Å². The number of urea groups is 1. The largest absolute Gasteiger partial charge is 0.495 e. The van der Waals surface area contributed by atoms with Crippen LogP contribution in [-0.4, -0.2) is 32.9 Å². The molecule has 3 rings (SSSR count). The molecule has 0 radical (unpaired) electrons. The molecule has 2 amide bonds. The van der Waals surface area contributed by atoms with E-state index in [4.69, 9.17) is 4.74 Å². The van der Waals surface area contributed by atoms with Crippen LogP contribution in [0.4, 0.5) is 10.5 Å². The minimum absolute atomic E-state index is 0.200. The number of anilines is 1. The van der Waals surface area contributed by atoms with Crippen molar-refractivity contribution < 1.29 is 9.53 Å². The van der Waals surface area contributed by atoms with Crippen LogP contribution in [0.25, 0.3) is 11.4 Å². The lowest BCUT2D eigenvalue weighted by Gasteiger charge is -2.18. The Hall–Kier alpha value is -3.42. The molecule has 0 saturated carbocycles. The molecule has 2 aromatic heterocycles. The van der Waals surface area contributed by atoms with Gasteiger partial charge in [-0.25, -0.2) is 4.79 Å². The molecule has 1 aromatic carbocycles. The number of rotatable bonds is 6. The fraction of sp³-hybridized carbons (Fsp3) is 0.300. The van der Waals surface area contributed by atoms with E-state index < -0.39 is 0 Å². The van der Waals surface area contributed by atoms with E-state index in [-0.39, 0.29) is 18.1 Å². The zero-order chi connectivity index (χ0) is 20.1. The highest BCUT2D eigenvalue weighted by atomic mass is 16.5. The molecule has 8 nitrogen and oxygen atoms in total. The molecule has 1 atom stereocenters. The van der Waals surface area contributed by atoms with Crippen LogP contribution in [-0.2, 0) is 0 Å². The third-order valence-electron chi connectivity index (χ3n) is 4.40.